The molecule has 0 saturated carbocycles. The number of halogens is 1. The number of hydrogen-bond donors (Lipinski definition) is 0. The standard InChI is InChI=1S/C13H20FNO/c1-11(12-7-5-4-6-8-12)15(2)13(9-14)10-16-3/h4-8,11,13H,9-10H2,1-3H3/t11-,13+/m1/s1. The Morgan fingerprint density at radius 1 is 1.31 bits per heavy atom. The van der Waals surface area contributed by atoms with Gasteiger partial charge in [0.15, 0.2) is 0 Å². The second kappa shape index (κ2) is 6.61. The van der Waals surface area contributed by atoms with Gasteiger partial charge in [0.1, 0.15) is 6.67 Å². The molecule has 2 atom stereocenters. The Balaban J connectivity index is 2.69. The van der Waals surface area contributed by atoms with Crippen molar-refractivity contribution in [1.29, 1.82) is 0 Å². The summed E-state index contributed by atoms with van der Waals surface area (Å²) in [5, 5.41) is 0. The second-order valence-corrected chi connectivity index (χ2v) is 4.02. The first-order valence-corrected chi connectivity index (χ1v) is 5.52. The summed E-state index contributed by atoms with van der Waals surface area (Å²) in [7, 11) is 3.53. The average Bonchev–Trinajstić information content (AvgIpc) is 2.35. The lowest BCUT2D eigenvalue weighted by molar-refractivity contribution is 0.0691. The summed E-state index contributed by atoms with van der Waals surface area (Å²) in [4.78, 5) is 2.01. The van der Waals surface area contributed by atoms with Crippen LogP contribution in [-0.4, -0.2) is 38.4 Å². The molecule has 0 aliphatic carbocycles. The van der Waals surface area contributed by atoms with Crippen molar-refractivity contribution in [3.05, 3.63) is 35.9 Å². The minimum Gasteiger partial charge on any atom is -0.383 e. The summed E-state index contributed by atoms with van der Waals surface area (Å²) in [5.41, 5.74) is 1.19. The summed E-state index contributed by atoms with van der Waals surface area (Å²) in [6.07, 6.45) is 0. The van der Waals surface area contributed by atoms with E-state index in [1.54, 1.807) is 7.11 Å². The van der Waals surface area contributed by atoms with E-state index in [2.05, 4.69) is 19.1 Å². The molecular formula is C13H20FNO. The molecule has 2 nitrogen and oxygen atoms in total. The molecule has 0 fully saturated rings. The third-order valence-electron chi connectivity index (χ3n) is 3.01. The van der Waals surface area contributed by atoms with Crippen LogP contribution in [0.1, 0.15) is 18.5 Å². The van der Waals surface area contributed by atoms with E-state index >= 15 is 0 Å². The third-order valence-corrected chi connectivity index (χ3v) is 3.01. The molecule has 0 radical (unpaired) electrons. The van der Waals surface area contributed by atoms with Crippen molar-refractivity contribution in [1.82, 2.24) is 4.90 Å². The predicted octanol–water partition coefficient (Wildman–Crippen LogP) is 2.66. The van der Waals surface area contributed by atoms with E-state index in [1.807, 2.05) is 30.1 Å². The van der Waals surface area contributed by atoms with Gasteiger partial charge in [0, 0.05) is 13.2 Å². The maximum Gasteiger partial charge on any atom is 0.107 e. The Labute approximate surface area is 97.0 Å². The first-order chi connectivity index (χ1) is 7.70. The number of benzene rings is 1. The largest absolute Gasteiger partial charge is 0.383 e. The van der Waals surface area contributed by atoms with E-state index < -0.39 is 0 Å². The van der Waals surface area contributed by atoms with Crippen molar-refractivity contribution in [2.75, 3.05) is 27.4 Å². The average molecular weight is 225 g/mol. The lowest BCUT2D eigenvalue weighted by atomic mass is 10.1. The Bertz CT molecular complexity index is 291. The molecule has 0 unspecified atom stereocenters. The van der Waals surface area contributed by atoms with E-state index in [1.165, 1.54) is 5.56 Å². The maximum atomic E-state index is 12.8. The molecule has 0 aromatic heterocycles. The Kier molecular flexibility index (Phi) is 5.43. The van der Waals surface area contributed by atoms with E-state index in [0.29, 0.717) is 6.61 Å². The number of nitrogens with zero attached hydrogens (tertiary/aromatic N) is 1. The first-order valence-electron chi connectivity index (χ1n) is 5.52. The topological polar surface area (TPSA) is 12.5 Å². The second-order valence-electron chi connectivity index (χ2n) is 4.02. The van der Waals surface area contributed by atoms with E-state index in [0.717, 1.165) is 0 Å². The van der Waals surface area contributed by atoms with Gasteiger partial charge in [0.2, 0.25) is 0 Å². The Hall–Kier alpha value is -0.930. The Morgan fingerprint density at radius 3 is 2.44 bits per heavy atom. The molecule has 90 valence electrons. The number of ether oxygens (including phenoxy) is 1. The number of alkyl halides is 1. The van der Waals surface area contributed by atoms with Crippen LogP contribution in [0.5, 0.6) is 0 Å². The number of hydrogen-bond acceptors (Lipinski definition) is 2. The predicted molar refractivity (Wildman–Crippen MR) is 64.3 cm³/mol. The third kappa shape index (κ3) is 3.29. The zero-order valence-electron chi connectivity index (χ0n) is 10.2. The van der Waals surface area contributed by atoms with Crippen LogP contribution in [0.3, 0.4) is 0 Å². The number of rotatable bonds is 6. The molecule has 0 spiro atoms. The van der Waals surface area contributed by atoms with Crippen LogP contribution in [0.2, 0.25) is 0 Å². The fourth-order valence-corrected chi connectivity index (χ4v) is 1.75. The molecule has 0 amide bonds. The smallest absolute Gasteiger partial charge is 0.107 e. The molecular weight excluding hydrogens is 205 g/mol. The van der Waals surface area contributed by atoms with Gasteiger partial charge in [-0.25, -0.2) is 4.39 Å². The molecule has 1 aromatic carbocycles. The molecule has 0 N–H and O–H groups in total. The van der Waals surface area contributed by atoms with Crippen molar-refractivity contribution in [2.45, 2.75) is 19.0 Å². The van der Waals surface area contributed by atoms with E-state index in [-0.39, 0.29) is 18.8 Å². The van der Waals surface area contributed by atoms with Gasteiger partial charge in [-0.15, -0.1) is 0 Å². The van der Waals surface area contributed by atoms with Gasteiger partial charge in [-0.1, -0.05) is 30.3 Å². The minimum atomic E-state index is -0.387. The van der Waals surface area contributed by atoms with Crippen LogP contribution in [0.4, 0.5) is 4.39 Å². The Morgan fingerprint density at radius 2 is 1.94 bits per heavy atom. The van der Waals surface area contributed by atoms with Crippen LogP contribution < -0.4 is 0 Å². The van der Waals surface area contributed by atoms with Gasteiger partial charge in [0.05, 0.1) is 12.6 Å². The molecule has 0 aliphatic heterocycles. The van der Waals surface area contributed by atoms with Gasteiger partial charge in [-0.3, -0.25) is 4.90 Å². The molecule has 0 heterocycles. The quantitative estimate of drug-likeness (QED) is 0.738. The SMILES string of the molecule is COC[C@H](CF)N(C)[C@H](C)c1ccccc1. The van der Waals surface area contributed by atoms with Gasteiger partial charge in [-0.2, -0.15) is 0 Å². The zero-order valence-corrected chi connectivity index (χ0v) is 10.2. The monoisotopic (exact) mass is 225 g/mol. The van der Waals surface area contributed by atoms with Crippen LogP contribution in [0.25, 0.3) is 0 Å². The highest BCUT2D eigenvalue weighted by atomic mass is 19.1. The lowest BCUT2D eigenvalue weighted by Gasteiger charge is -2.31. The number of methoxy groups -OCH3 is 1. The summed E-state index contributed by atoms with van der Waals surface area (Å²) < 4.78 is 17.9. The first kappa shape index (κ1) is 13.1. The van der Waals surface area contributed by atoms with Gasteiger partial charge in [0.25, 0.3) is 0 Å². The normalized spacial score (nSPS) is 15.1. The fraction of sp³-hybridized carbons (Fsp3) is 0.538. The highest BCUT2D eigenvalue weighted by Crippen LogP contribution is 2.20. The molecule has 1 aromatic rings. The van der Waals surface area contributed by atoms with Gasteiger partial charge < -0.3 is 4.74 Å². The van der Waals surface area contributed by atoms with E-state index in [4.69, 9.17) is 4.74 Å². The summed E-state index contributed by atoms with van der Waals surface area (Å²) in [6.45, 7) is 2.11. The van der Waals surface area contributed by atoms with Crippen LogP contribution in [-0.2, 0) is 4.74 Å². The van der Waals surface area contributed by atoms with Crippen LogP contribution in [0.15, 0.2) is 30.3 Å². The van der Waals surface area contributed by atoms with Gasteiger partial charge >= 0.3 is 0 Å². The maximum absolute atomic E-state index is 12.8. The molecule has 0 aliphatic rings. The van der Waals surface area contributed by atoms with Crippen molar-refractivity contribution in [2.24, 2.45) is 0 Å². The molecule has 1 rings (SSSR count). The van der Waals surface area contributed by atoms with Crippen LogP contribution in [0, 0.1) is 0 Å². The summed E-state index contributed by atoms with van der Waals surface area (Å²) >= 11 is 0. The fourth-order valence-electron chi connectivity index (χ4n) is 1.75. The zero-order chi connectivity index (χ0) is 12.0. The molecule has 16 heavy (non-hydrogen) atoms. The van der Waals surface area contributed by atoms with Crippen molar-refractivity contribution < 1.29 is 9.13 Å². The van der Waals surface area contributed by atoms with E-state index in [9.17, 15) is 4.39 Å². The molecule has 0 bridgehead atoms. The molecule has 3 heteroatoms. The van der Waals surface area contributed by atoms with Gasteiger partial charge in [-0.05, 0) is 19.5 Å². The number of likely N-dealkylation sites (N-methyl/N-ethyl adjacent to an activating group) is 1. The summed E-state index contributed by atoms with van der Waals surface area (Å²) in [5.74, 6) is 0. The van der Waals surface area contributed by atoms with Crippen LogP contribution >= 0.6 is 0 Å². The molecule has 0 saturated heterocycles. The van der Waals surface area contributed by atoms with Crippen molar-refractivity contribution in [3.8, 4) is 0 Å². The highest BCUT2D eigenvalue weighted by Gasteiger charge is 2.20. The van der Waals surface area contributed by atoms with Crippen molar-refractivity contribution >= 4 is 0 Å². The minimum absolute atomic E-state index is 0.180. The highest BCUT2D eigenvalue weighted by molar-refractivity contribution is 5.18. The van der Waals surface area contributed by atoms with Crippen molar-refractivity contribution in [3.63, 3.8) is 0 Å². The summed E-state index contributed by atoms with van der Waals surface area (Å²) in [6, 6.07) is 10.1. The lowest BCUT2D eigenvalue weighted by Crippen LogP contribution is -2.38.